The van der Waals surface area contributed by atoms with Crippen LogP contribution in [-0.4, -0.2) is 14.8 Å². The quantitative estimate of drug-likeness (QED) is 0.842. The molecule has 0 radical (unpaired) electrons. The minimum absolute atomic E-state index is 0.346. The minimum atomic E-state index is 0.346. The molecule has 0 fully saturated rings. The second-order valence-corrected chi connectivity index (χ2v) is 5.40. The Labute approximate surface area is 112 Å². The predicted molar refractivity (Wildman–Crippen MR) is 74.3 cm³/mol. The standard InChI is InChI=1S/C13H18N4S/c1-10(2)17-13(15-9-16-17)8-18-12-5-3-4-11(6-12)7-14/h3-6,9-10H,7-8,14H2,1-2H3. The molecule has 18 heavy (non-hydrogen) atoms. The van der Waals surface area contributed by atoms with Crippen LogP contribution >= 0.6 is 11.8 Å². The number of nitrogens with zero attached hydrogens (tertiary/aromatic N) is 3. The fourth-order valence-electron chi connectivity index (χ4n) is 1.72. The highest BCUT2D eigenvalue weighted by Crippen LogP contribution is 2.23. The molecule has 5 heteroatoms. The molecule has 0 amide bonds. The molecule has 2 aromatic rings. The molecule has 1 aromatic carbocycles. The monoisotopic (exact) mass is 262 g/mol. The zero-order chi connectivity index (χ0) is 13.0. The number of hydrogen-bond acceptors (Lipinski definition) is 4. The first-order valence-corrected chi connectivity index (χ1v) is 6.99. The molecule has 1 aromatic heterocycles. The SMILES string of the molecule is CC(C)n1ncnc1CSc1cccc(CN)c1. The highest BCUT2D eigenvalue weighted by atomic mass is 32.2. The third kappa shape index (κ3) is 3.11. The number of rotatable bonds is 5. The first-order chi connectivity index (χ1) is 8.70. The summed E-state index contributed by atoms with van der Waals surface area (Å²) in [5.74, 6) is 1.83. The summed E-state index contributed by atoms with van der Waals surface area (Å²) in [6.07, 6.45) is 1.62. The third-order valence-corrected chi connectivity index (χ3v) is 3.63. The van der Waals surface area contributed by atoms with Gasteiger partial charge in [0.25, 0.3) is 0 Å². The van der Waals surface area contributed by atoms with Crippen LogP contribution in [-0.2, 0) is 12.3 Å². The molecule has 96 valence electrons. The van der Waals surface area contributed by atoms with Crippen molar-refractivity contribution in [3.63, 3.8) is 0 Å². The van der Waals surface area contributed by atoms with E-state index in [4.69, 9.17) is 5.73 Å². The van der Waals surface area contributed by atoms with Crippen LogP contribution in [0.2, 0.25) is 0 Å². The fraction of sp³-hybridized carbons (Fsp3) is 0.385. The normalized spacial score (nSPS) is 11.1. The summed E-state index contributed by atoms with van der Waals surface area (Å²) in [5.41, 5.74) is 6.80. The Morgan fingerprint density at radius 3 is 2.94 bits per heavy atom. The van der Waals surface area contributed by atoms with Crippen molar-refractivity contribution in [1.29, 1.82) is 0 Å². The van der Waals surface area contributed by atoms with E-state index in [0.29, 0.717) is 12.6 Å². The molecule has 2 rings (SSSR count). The number of thioether (sulfide) groups is 1. The Balaban J connectivity index is 2.04. The molecule has 0 aliphatic rings. The third-order valence-electron chi connectivity index (χ3n) is 2.64. The van der Waals surface area contributed by atoms with Crippen LogP contribution in [0.15, 0.2) is 35.5 Å². The topological polar surface area (TPSA) is 56.7 Å². The Kier molecular flexibility index (Phi) is 4.38. The van der Waals surface area contributed by atoms with Gasteiger partial charge in [0.15, 0.2) is 0 Å². The van der Waals surface area contributed by atoms with Gasteiger partial charge in [-0.25, -0.2) is 9.67 Å². The lowest BCUT2D eigenvalue weighted by Gasteiger charge is -2.09. The van der Waals surface area contributed by atoms with Gasteiger partial charge in [-0.15, -0.1) is 11.8 Å². The molecular formula is C13H18N4S. The van der Waals surface area contributed by atoms with E-state index < -0.39 is 0 Å². The average Bonchev–Trinajstić information content (AvgIpc) is 2.85. The zero-order valence-corrected chi connectivity index (χ0v) is 11.5. The molecule has 0 bridgehead atoms. The van der Waals surface area contributed by atoms with E-state index in [-0.39, 0.29) is 0 Å². The molecule has 0 saturated carbocycles. The Hall–Kier alpha value is -1.33. The van der Waals surface area contributed by atoms with Crippen molar-refractivity contribution in [2.24, 2.45) is 5.73 Å². The van der Waals surface area contributed by atoms with Crippen LogP contribution in [0, 0.1) is 0 Å². The van der Waals surface area contributed by atoms with Crippen LogP contribution < -0.4 is 5.73 Å². The van der Waals surface area contributed by atoms with E-state index in [0.717, 1.165) is 17.1 Å². The predicted octanol–water partition coefficient (Wildman–Crippen LogP) is 2.61. The van der Waals surface area contributed by atoms with E-state index in [2.05, 4.69) is 36.1 Å². The fourth-order valence-corrected chi connectivity index (χ4v) is 2.63. The molecule has 2 N–H and O–H groups in total. The van der Waals surface area contributed by atoms with Crippen molar-refractivity contribution in [2.45, 2.75) is 37.1 Å². The zero-order valence-electron chi connectivity index (χ0n) is 10.7. The number of hydrogen-bond donors (Lipinski definition) is 1. The summed E-state index contributed by atoms with van der Waals surface area (Å²) in [7, 11) is 0. The maximum atomic E-state index is 5.64. The summed E-state index contributed by atoms with van der Waals surface area (Å²) in [5, 5.41) is 4.23. The van der Waals surface area contributed by atoms with E-state index in [1.165, 1.54) is 4.90 Å². The van der Waals surface area contributed by atoms with Gasteiger partial charge < -0.3 is 5.73 Å². The molecule has 0 saturated heterocycles. The Morgan fingerprint density at radius 1 is 1.39 bits per heavy atom. The number of nitrogens with two attached hydrogens (primary N) is 1. The highest BCUT2D eigenvalue weighted by molar-refractivity contribution is 7.98. The van der Waals surface area contributed by atoms with Crippen LogP contribution in [0.3, 0.4) is 0 Å². The maximum Gasteiger partial charge on any atom is 0.138 e. The van der Waals surface area contributed by atoms with Crippen LogP contribution in [0.25, 0.3) is 0 Å². The average molecular weight is 262 g/mol. The second-order valence-electron chi connectivity index (χ2n) is 4.35. The first kappa shape index (κ1) is 13.1. The van der Waals surface area contributed by atoms with Crippen molar-refractivity contribution in [3.8, 4) is 0 Å². The van der Waals surface area contributed by atoms with Gasteiger partial charge in [-0.05, 0) is 31.5 Å². The van der Waals surface area contributed by atoms with Gasteiger partial charge >= 0.3 is 0 Å². The van der Waals surface area contributed by atoms with E-state index in [9.17, 15) is 0 Å². The van der Waals surface area contributed by atoms with Crippen LogP contribution in [0.1, 0.15) is 31.3 Å². The van der Waals surface area contributed by atoms with Crippen molar-refractivity contribution in [1.82, 2.24) is 14.8 Å². The van der Waals surface area contributed by atoms with Crippen LogP contribution in [0.4, 0.5) is 0 Å². The largest absolute Gasteiger partial charge is 0.326 e. The molecule has 4 nitrogen and oxygen atoms in total. The van der Waals surface area contributed by atoms with Gasteiger partial charge in [0, 0.05) is 17.5 Å². The molecular weight excluding hydrogens is 244 g/mol. The lowest BCUT2D eigenvalue weighted by Crippen LogP contribution is -2.07. The van der Waals surface area contributed by atoms with E-state index in [1.54, 1.807) is 18.1 Å². The summed E-state index contributed by atoms with van der Waals surface area (Å²) >= 11 is 1.76. The smallest absolute Gasteiger partial charge is 0.138 e. The summed E-state index contributed by atoms with van der Waals surface area (Å²) in [6, 6.07) is 8.65. The van der Waals surface area contributed by atoms with Gasteiger partial charge in [-0.3, -0.25) is 0 Å². The van der Waals surface area contributed by atoms with E-state index >= 15 is 0 Å². The van der Waals surface area contributed by atoms with Gasteiger partial charge in [0.2, 0.25) is 0 Å². The Morgan fingerprint density at radius 2 is 2.22 bits per heavy atom. The lowest BCUT2D eigenvalue weighted by atomic mass is 10.2. The van der Waals surface area contributed by atoms with Crippen molar-refractivity contribution >= 4 is 11.8 Å². The van der Waals surface area contributed by atoms with Gasteiger partial charge in [0.1, 0.15) is 12.2 Å². The van der Waals surface area contributed by atoms with Crippen molar-refractivity contribution in [3.05, 3.63) is 42.0 Å². The number of benzene rings is 1. The van der Waals surface area contributed by atoms with Crippen molar-refractivity contribution in [2.75, 3.05) is 0 Å². The summed E-state index contributed by atoms with van der Waals surface area (Å²) < 4.78 is 1.96. The van der Waals surface area contributed by atoms with Gasteiger partial charge in [-0.2, -0.15) is 5.10 Å². The minimum Gasteiger partial charge on any atom is -0.326 e. The van der Waals surface area contributed by atoms with E-state index in [1.807, 2.05) is 16.8 Å². The Bertz CT molecular complexity index is 507. The molecule has 0 atom stereocenters. The molecule has 0 aliphatic carbocycles. The highest BCUT2D eigenvalue weighted by Gasteiger charge is 2.07. The lowest BCUT2D eigenvalue weighted by molar-refractivity contribution is 0.514. The maximum absolute atomic E-state index is 5.64. The second kappa shape index (κ2) is 6.02. The summed E-state index contributed by atoms with van der Waals surface area (Å²) in [6.45, 7) is 4.80. The van der Waals surface area contributed by atoms with Crippen molar-refractivity contribution < 1.29 is 0 Å². The molecule has 0 unspecified atom stereocenters. The first-order valence-electron chi connectivity index (χ1n) is 6.01. The summed E-state index contributed by atoms with van der Waals surface area (Å²) in [4.78, 5) is 5.52. The van der Waals surface area contributed by atoms with Gasteiger partial charge in [-0.1, -0.05) is 12.1 Å². The molecule has 0 spiro atoms. The van der Waals surface area contributed by atoms with Crippen LogP contribution in [0.5, 0.6) is 0 Å². The molecule has 0 aliphatic heterocycles. The molecule has 1 heterocycles. The van der Waals surface area contributed by atoms with Gasteiger partial charge in [0.05, 0.1) is 5.75 Å². The number of aromatic nitrogens is 3.